The Balaban J connectivity index is 2.13. The van der Waals surface area contributed by atoms with Gasteiger partial charge in [-0.25, -0.2) is 0 Å². The van der Waals surface area contributed by atoms with Crippen molar-refractivity contribution in [1.29, 1.82) is 0 Å². The van der Waals surface area contributed by atoms with Gasteiger partial charge in [0.2, 0.25) is 0 Å². The van der Waals surface area contributed by atoms with Crippen LogP contribution in [0.5, 0.6) is 0 Å². The van der Waals surface area contributed by atoms with Crippen LogP contribution in [-0.4, -0.2) is 46.7 Å². The van der Waals surface area contributed by atoms with E-state index in [9.17, 15) is 5.11 Å². The normalized spacial score (nSPS) is 29.2. The molecule has 1 fully saturated rings. The first-order valence-corrected chi connectivity index (χ1v) is 5.09. The molecule has 74 valence electrons. The summed E-state index contributed by atoms with van der Waals surface area (Å²) in [7, 11) is 0. The van der Waals surface area contributed by atoms with Crippen LogP contribution in [0.15, 0.2) is 11.9 Å². The van der Waals surface area contributed by atoms with Crippen LogP contribution in [0.25, 0.3) is 0 Å². The summed E-state index contributed by atoms with van der Waals surface area (Å²) in [6, 6.07) is 0.323. The second-order valence-electron chi connectivity index (χ2n) is 4.00. The maximum atomic E-state index is 9.83. The van der Waals surface area contributed by atoms with Crippen molar-refractivity contribution >= 4 is 0 Å². The molecule has 1 N–H and O–H groups in total. The summed E-state index contributed by atoms with van der Waals surface area (Å²) in [5, 5.41) is 9.83. The number of rotatable bonds is 2. The molecule has 3 heterocycles. The zero-order valence-corrected chi connectivity index (χ0v) is 8.40. The Bertz CT molecular complexity index is 227. The third-order valence-corrected chi connectivity index (χ3v) is 3.13. The lowest BCUT2D eigenvalue weighted by Crippen LogP contribution is -2.58. The van der Waals surface area contributed by atoms with E-state index < -0.39 is 0 Å². The fraction of sp³-hybridized carbons (Fsp3) is 0.800. The van der Waals surface area contributed by atoms with Gasteiger partial charge in [-0.2, -0.15) is 0 Å². The van der Waals surface area contributed by atoms with Crippen molar-refractivity contribution in [2.24, 2.45) is 0 Å². The highest BCUT2D eigenvalue weighted by molar-refractivity contribution is 5.10. The predicted octanol–water partition coefficient (Wildman–Crippen LogP) is 0.618. The van der Waals surface area contributed by atoms with Gasteiger partial charge in [0, 0.05) is 31.5 Å². The highest BCUT2D eigenvalue weighted by atomic mass is 16.3. The van der Waals surface area contributed by atoms with Crippen LogP contribution in [0, 0.1) is 0 Å². The van der Waals surface area contributed by atoms with Gasteiger partial charge < -0.3 is 14.9 Å². The van der Waals surface area contributed by atoms with Crippen LogP contribution in [-0.2, 0) is 0 Å². The number of aliphatic hydroxyl groups excluding tert-OH is 1. The molecule has 0 aliphatic carbocycles. The summed E-state index contributed by atoms with van der Waals surface area (Å²) in [4.78, 5) is 4.66. The van der Waals surface area contributed by atoms with Crippen molar-refractivity contribution in [3.8, 4) is 0 Å². The molecule has 3 rings (SSSR count). The Hall–Kier alpha value is -0.700. The minimum absolute atomic E-state index is 0.175. The summed E-state index contributed by atoms with van der Waals surface area (Å²) < 4.78 is 0. The van der Waals surface area contributed by atoms with Gasteiger partial charge in [0.1, 0.15) is 0 Å². The zero-order valence-electron chi connectivity index (χ0n) is 8.40. The van der Waals surface area contributed by atoms with E-state index in [1.807, 2.05) is 6.92 Å². The van der Waals surface area contributed by atoms with Crippen molar-refractivity contribution < 1.29 is 5.11 Å². The topological polar surface area (TPSA) is 26.7 Å². The standard InChI is InChI=1S/C10H18N2O/c1-3-10(13)9-7-11-4-5-12(9)8(2)6-11/h6,9-10,13H,3-5,7H2,1-2H3. The number of piperazine rings is 1. The van der Waals surface area contributed by atoms with Crippen molar-refractivity contribution in [1.82, 2.24) is 9.80 Å². The third kappa shape index (κ3) is 1.41. The Morgan fingerprint density at radius 2 is 2.38 bits per heavy atom. The van der Waals surface area contributed by atoms with E-state index in [0.717, 1.165) is 26.1 Å². The summed E-state index contributed by atoms with van der Waals surface area (Å²) in [5.41, 5.74) is 1.30. The van der Waals surface area contributed by atoms with E-state index in [4.69, 9.17) is 0 Å². The summed E-state index contributed by atoms with van der Waals surface area (Å²) in [5.74, 6) is 0. The summed E-state index contributed by atoms with van der Waals surface area (Å²) in [6.45, 7) is 7.35. The Morgan fingerprint density at radius 3 is 2.92 bits per heavy atom. The van der Waals surface area contributed by atoms with Crippen molar-refractivity contribution in [2.45, 2.75) is 32.4 Å². The van der Waals surface area contributed by atoms with E-state index in [0.29, 0.717) is 6.04 Å². The van der Waals surface area contributed by atoms with Crippen LogP contribution < -0.4 is 0 Å². The number of aliphatic hydroxyl groups is 1. The number of hydrogen-bond acceptors (Lipinski definition) is 3. The molecule has 0 amide bonds. The minimum atomic E-state index is -0.175. The van der Waals surface area contributed by atoms with E-state index in [2.05, 4.69) is 22.9 Å². The fourth-order valence-electron chi connectivity index (χ4n) is 2.33. The van der Waals surface area contributed by atoms with Crippen molar-refractivity contribution in [3.05, 3.63) is 11.9 Å². The van der Waals surface area contributed by atoms with Crippen LogP contribution in [0.1, 0.15) is 20.3 Å². The Kier molecular flexibility index (Phi) is 2.20. The highest BCUT2D eigenvalue weighted by Crippen LogP contribution is 2.25. The highest BCUT2D eigenvalue weighted by Gasteiger charge is 2.34. The molecule has 13 heavy (non-hydrogen) atoms. The third-order valence-electron chi connectivity index (χ3n) is 3.13. The van der Waals surface area contributed by atoms with Gasteiger partial charge in [0.15, 0.2) is 0 Å². The predicted molar refractivity (Wildman–Crippen MR) is 52.1 cm³/mol. The second-order valence-corrected chi connectivity index (χ2v) is 4.00. The first kappa shape index (κ1) is 8.88. The van der Waals surface area contributed by atoms with E-state index >= 15 is 0 Å². The smallest absolute Gasteiger partial charge is 0.0757 e. The zero-order chi connectivity index (χ0) is 9.42. The average molecular weight is 182 g/mol. The van der Waals surface area contributed by atoms with Crippen LogP contribution >= 0.6 is 0 Å². The van der Waals surface area contributed by atoms with Gasteiger partial charge in [-0.1, -0.05) is 6.92 Å². The number of allylic oxidation sites excluding steroid dienone is 1. The molecule has 2 atom stereocenters. The molecule has 3 aliphatic rings. The molecular weight excluding hydrogens is 164 g/mol. The molecule has 3 nitrogen and oxygen atoms in total. The van der Waals surface area contributed by atoms with Crippen molar-refractivity contribution in [2.75, 3.05) is 19.6 Å². The maximum absolute atomic E-state index is 9.83. The van der Waals surface area contributed by atoms with Crippen LogP contribution in [0.2, 0.25) is 0 Å². The lowest BCUT2D eigenvalue weighted by molar-refractivity contribution is 0.00668. The average Bonchev–Trinajstić information content (AvgIpc) is 2.17. The van der Waals surface area contributed by atoms with Crippen LogP contribution in [0.3, 0.4) is 0 Å². The molecule has 0 aromatic carbocycles. The SMILES string of the molecule is CCC(O)C1CN2C=C(C)N1CC2. The van der Waals surface area contributed by atoms with E-state index in [1.165, 1.54) is 5.70 Å². The number of nitrogens with zero attached hydrogens (tertiary/aromatic N) is 2. The Labute approximate surface area is 79.6 Å². The quantitative estimate of drug-likeness (QED) is 0.678. The van der Waals surface area contributed by atoms with Gasteiger partial charge in [0.05, 0.1) is 12.1 Å². The lowest BCUT2D eigenvalue weighted by Gasteiger charge is -2.49. The molecule has 3 aliphatic heterocycles. The molecule has 0 radical (unpaired) electrons. The maximum Gasteiger partial charge on any atom is 0.0757 e. The number of hydrogen-bond donors (Lipinski definition) is 1. The van der Waals surface area contributed by atoms with Gasteiger partial charge in [-0.3, -0.25) is 0 Å². The summed E-state index contributed by atoms with van der Waals surface area (Å²) >= 11 is 0. The fourth-order valence-corrected chi connectivity index (χ4v) is 2.33. The first-order chi connectivity index (χ1) is 6.22. The van der Waals surface area contributed by atoms with E-state index in [-0.39, 0.29) is 6.10 Å². The molecule has 3 heteroatoms. The molecule has 0 aromatic rings. The van der Waals surface area contributed by atoms with Crippen LogP contribution in [0.4, 0.5) is 0 Å². The largest absolute Gasteiger partial charge is 0.391 e. The molecule has 0 saturated carbocycles. The van der Waals surface area contributed by atoms with E-state index in [1.54, 1.807) is 0 Å². The second kappa shape index (κ2) is 3.22. The molecule has 2 unspecified atom stereocenters. The Morgan fingerprint density at radius 1 is 1.62 bits per heavy atom. The minimum Gasteiger partial charge on any atom is -0.391 e. The van der Waals surface area contributed by atoms with Gasteiger partial charge in [0.25, 0.3) is 0 Å². The molecular formula is C10H18N2O. The van der Waals surface area contributed by atoms with Gasteiger partial charge in [-0.05, 0) is 13.3 Å². The molecule has 1 saturated heterocycles. The van der Waals surface area contributed by atoms with Crippen molar-refractivity contribution in [3.63, 3.8) is 0 Å². The monoisotopic (exact) mass is 182 g/mol. The molecule has 0 spiro atoms. The number of fused-ring (bicyclic) bond motifs is 2. The first-order valence-electron chi connectivity index (χ1n) is 5.09. The lowest BCUT2D eigenvalue weighted by atomic mass is 10.0. The molecule has 0 aromatic heterocycles. The summed E-state index contributed by atoms with van der Waals surface area (Å²) in [6.07, 6.45) is 2.87. The van der Waals surface area contributed by atoms with Gasteiger partial charge >= 0.3 is 0 Å². The molecule has 2 bridgehead atoms. The van der Waals surface area contributed by atoms with Gasteiger partial charge in [-0.15, -0.1) is 0 Å².